The van der Waals surface area contributed by atoms with Crippen LogP contribution in [0, 0.1) is 11.8 Å². The number of nitrogens with zero attached hydrogens (tertiary/aromatic N) is 1. The fourth-order valence-electron chi connectivity index (χ4n) is 9.27. The first-order chi connectivity index (χ1) is 35.4. The highest BCUT2D eigenvalue weighted by atomic mass is 32.2. The lowest BCUT2D eigenvalue weighted by Gasteiger charge is -2.17. The number of hydrogen-bond donors (Lipinski definition) is 0. The molecule has 0 bridgehead atoms. The number of thioether (sulfide) groups is 3. The molecule has 8 aromatic rings. The normalized spacial score (nSPS) is 13.7. The lowest BCUT2D eigenvalue weighted by Crippen LogP contribution is -2.17. The average molecular weight is 1150 g/mol. The summed E-state index contributed by atoms with van der Waals surface area (Å²) < 4.78 is 4.01. The molecule has 0 saturated heterocycles. The van der Waals surface area contributed by atoms with E-state index in [1.165, 1.54) is 166 Å². The van der Waals surface area contributed by atoms with Gasteiger partial charge < -0.3 is 0 Å². The van der Waals surface area contributed by atoms with Crippen LogP contribution >= 0.6 is 126 Å². The van der Waals surface area contributed by atoms with Gasteiger partial charge in [0.1, 0.15) is 0 Å². The smallest absolute Gasteiger partial charge is 0.0782 e. The van der Waals surface area contributed by atoms with E-state index in [4.69, 9.17) is 0 Å². The predicted octanol–water partition coefficient (Wildman–Crippen LogP) is 22.1. The second-order valence-corrected chi connectivity index (χ2v) is 30.2. The van der Waals surface area contributed by atoms with Gasteiger partial charge in [0.15, 0.2) is 0 Å². The fourth-order valence-corrected chi connectivity index (χ4v) is 20.0. The Morgan fingerprint density at radius 3 is 1.44 bits per heavy atom. The van der Waals surface area contributed by atoms with E-state index >= 15 is 0 Å². The molecule has 0 aliphatic carbocycles. The van der Waals surface area contributed by atoms with Gasteiger partial charge in [-0.25, -0.2) is 0 Å². The molecular weight excluding hydrogens is 1090 g/mol. The predicted molar refractivity (Wildman–Crippen MR) is 337 cm³/mol. The Balaban J connectivity index is 1.01. The van der Waals surface area contributed by atoms with Crippen molar-refractivity contribution in [3.63, 3.8) is 0 Å². The Hall–Kier alpha value is -2.35. The van der Waals surface area contributed by atoms with Crippen molar-refractivity contribution < 1.29 is 0 Å². The lowest BCUT2D eigenvalue weighted by molar-refractivity contribution is 0.344. The van der Waals surface area contributed by atoms with Gasteiger partial charge in [-0.15, -0.1) is 126 Å². The molecule has 0 fully saturated rings. The molecule has 376 valence electrons. The molecule has 0 N–H and O–H groups in total. The van der Waals surface area contributed by atoms with Crippen LogP contribution in [0.15, 0.2) is 110 Å². The zero-order valence-corrected chi connectivity index (χ0v) is 51.3. The summed E-state index contributed by atoms with van der Waals surface area (Å²) in [6, 6.07) is 33.3. The van der Waals surface area contributed by atoms with Crippen LogP contribution in [0.5, 0.6) is 0 Å². The van der Waals surface area contributed by atoms with Gasteiger partial charge in [-0.05, 0) is 159 Å². The molecule has 1 nitrogen and oxygen atoms in total. The quantitative estimate of drug-likeness (QED) is 0.0243. The van der Waals surface area contributed by atoms with Crippen LogP contribution in [-0.4, -0.2) is 37.3 Å². The third-order valence-corrected chi connectivity index (χ3v) is 25.8. The summed E-state index contributed by atoms with van der Waals surface area (Å²) in [5.74, 6) is 7.39. The molecule has 0 amide bonds. The van der Waals surface area contributed by atoms with Gasteiger partial charge in [0, 0.05) is 71.3 Å². The zero-order valence-electron chi connectivity index (χ0n) is 42.4. The summed E-state index contributed by atoms with van der Waals surface area (Å²) in [5.41, 5.74) is 5.65. The number of hydrogen-bond acceptors (Lipinski definition) is 12. The summed E-state index contributed by atoms with van der Waals surface area (Å²) in [5, 5.41) is 0. The maximum Gasteiger partial charge on any atom is 0.0782 e. The number of likely N-dealkylation sites (N-methyl/N-ethyl adjacent to an activating group) is 1. The van der Waals surface area contributed by atoms with Crippen LogP contribution in [0.25, 0.3) is 40.4 Å². The Kier molecular flexibility index (Phi) is 20.5. The Labute approximate surface area is 475 Å². The summed E-state index contributed by atoms with van der Waals surface area (Å²) in [6.45, 7) is 5.64. The van der Waals surface area contributed by atoms with Crippen molar-refractivity contribution in [3.8, 4) is 41.1 Å². The summed E-state index contributed by atoms with van der Waals surface area (Å²) in [6.07, 6.45) is 29.3. The van der Waals surface area contributed by atoms with E-state index in [0.29, 0.717) is 6.04 Å². The van der Waals surface area contributed by atoms with Crippen LogP contribution in [0.3, 0.4) is 0 Å². The van der Waals surface area contributed by atoms with E-state index < -0.39 is 0 Å². The van der Waals surface area contributed by atoms with Gasteiger partial charge in [-0.3, -0.25) is 4.90 Å². The van der Waals surface area contributed by atoms with E-state index in [2.05, 4.69) is 153 Å². The SMILES string of the molecule is CCCCCCCCc1cc(C#Cc2ccc(C(=C(c3ccc(SC)s3)c3ccc(SC)s3)c3ccc(SC)s3)s2)sc1-c1ccc(-c2ccc(-c3sc(C4C=CCN4C)cc3CCCCCCCC)s2)s1. The molecule has 1 atom stereocenters. The maximum absolute atomic E-state index is 3.71. The third-order valence-electron chi connectivity index (χ3n) is 13.1. The summed E-state index contributed by atoms with van der Waals surface area (Å²) >= 11 is 20.9. The Morgan fingerprint density at radius 2 is 0.944 bits per heavy atom. The van der Waals surface area contributed by atoms with Crippen molar-refractivity contribution in [2.75, 3.05) is 32.4 Å². The molecule has 1 unspecified atom stereocenters. The number of unbranched alkanes of at least 4 members (excludes halogenated alkanes) is 10. The molecule has 0 radical (unpaired) electrons. The van der Waals surface area contributed by atoms with Gasteiger partial charge in [0.05, 0.1) is 28.4 Å². The average Bonchev–Trinajstić information content (AvgIpc) is 4.24. The standard InChI is InChI=1S/C60H65NS11/c1-7-9-11-13-15-17-20-40-38-43(24-23-42-25-26-47(65-42)57(48-31-34-54(62-4)69-48)58(49-32-35-55(63-5)70-49)50-33-36-56(64-6)71-50)66-59(40)51-29-27-45(67-51)46-28-30-52(68-46)60-41(21-18-16-14-12-10-8-2)39-53(72-60)44-22-19-37-61(44)3/h19,22,25-36,38-39,44H,7-18,20-21,37H2,1-6H3. The van der Waals surface area contributed by atoms with Crippen molar-refractivity contribution in [1.29, 1.82) is 0 Å². The third kappa shape index (κ3) is 13.6. The highest BCUT2D eigenvalue weighted by molar-refractivity contribution is 8.01. The summed E-state index contributed by atoms with van der Waals surface area (Å²) in [7, 11) is 2.26. The van der Waals surface area contributed by atoms with Crippen LogP contribution in [0.2, 0.25) is 0 Å². The van der Waals surface area contributed by atoms with Crippen molar-refractivity contribution in [2.24, 2.45) is 0 Å². The lowest BCUT2D eigenvalue weighted by atomic mass is 10.0. The Morgan fingerprint density at radius 1 is 0.486 bits per heavy atom. The molecule has 9 heterocycles. The first kappa shape index (κ1) is 54.4. The van der Waals surface area contributed by atoms with E-state index in [1.54, 1.807) is 5.56 Å². The monoisotopic (exact) mass is 1150 g/mol. The van der Waals surface area contributed by atoms with E-state index in [1.807, 2.05) is 126 Å². The molecular formula is C60H65NS11. The topological polar surface area (TPSA) is 3.24 Å². The highest BCUT2D eigenvalue weighted by Crippen LogP contribution is 2.49. The minimum absolute atomic E-state index is 0.392. The van der Waals surface area contributed by atoms with Crippen molar-refractivity contribution in [1.82, 2.24) is 4.90 Å². The van der Waals surface area contributed by atoms with E-state index in [9.17, 15) is 0 Å². The number of aryl methyl sites for hydroxylation is 2. The van der Waals surface area contributed by atoms with Gasteiger partial charge in [0.2, 0.25) is 0 Å². The second-order valence-electron chi connectivity index (χ2n) is 18.3. The molecule has 1 aliphatic heterocycles. The van der Waals surface area contributed by atoms with Gasteiger partial charge in [-0.2, -0.15) is 0 Å². The minimum Gasteiger partial charge on any atom is -0.292 e. The number of rotatable bonds is 25. The molecule has 0 spiro atoms. The first-order valence-corrected chi connectivity index (χ1v) is 35.7. The zero-order chi connectivity index (χ0) is 49.8. The van der Waals surface area contributed by atoms with Gasteiger partial charge >= 0.3 is 0 Å². The Bertz CT molecular complexity index is 3070. The largest absolute Gasteiger partial charge is 0.292 e. The minimum atomic E-state index is 0.392. The van der Waals surface area contributed by atoms with Crippen LogP contribution in [0.1, 0.15) is 142 Å². The van der Waals surface area contributed by atoms with Crippen LogP contribution in [0.4, 0.5) is 0 Å². The molecule has 12 heteroatoms. The second kappa shape index (κ2) is 27.1. The van der Waals surface area contributed by atoms with Crippen molar-refractivity contribution >= 4 is 137 Å². The van der Waals surface area contributed by atoms with E-state index in [-0.39, 0.29) is 0 Å². The highest BCUT2D eigenvalue weighted by Gasteiger charge is 2.25. The van der Waals surface area contributed by atoms with Crippen molar-refractivity contribution in [3.05, 3.63) is 142 Å². The molecule has 0 aromatic carbocycles. The van der Waals surface area contributed by atoms with Gasteiger partial charge in [0.25, 0.3) is 0 Å². The van der Waals surface area contributed by atoms with E-state index in [0.717, 1.165) is 22.7 Å². The fraction of sp³-hybridized carbons (Fsp3) is 0.367. The maximum atomic E-state index is 3.71. The van der Waals surface area contributed by atoms with Crippen LogP contribution < -0.4 is 0 Å². The first-order valence-electron chi connectivity index (χ1n) is 25.5. The molecule has 1 aliphatic rings. The van der Waals surface area contributed by atoms with Crippen LogP contribution in [-0.2, 0) is 12.8 Å². The van der Waals surface area contributed by atoms with Gasteiger partial charge in [-0.1, -0.05) is 90.2 Å². The molecule has 8 aromatic heterocycles. The summed E-state index contributed by atoms with van der Waals surface area (Å²) in [4.78, 5) is 19.9. The molecule has 72 heavy (non-hydrogen) atoms. The van der Waals surface area contributed by atoms with Crippen molar-refractivity contribution in [2.45, 2.75) is 122 Å². The number of thiophene rings is 8. The molecule has 0 saturated carbocycles. The molecule has 9 rings (SSSR count).